The van der Waals surface area contributed by atoms with Crippen molar-refractivity contribution in [3.63, 3.8) is 0 Å². The van der Waals surface area contributed by atoms with Crippen LogP contribution in [-0.4, -0.2) is 26.0 Å². The molecule has 0 amide bonds. The van der Waals surface area contributed by atoms with Crippen molar-refractivity contribution in [3.05, 3.63) is 15.4 Å². The normalized spacial score (nSPS) is 24.6. The van der Waals surface area contributed by atoms with Crippen molar-refractivity contribution in [2.24, 2.45) is 0 Å². The van der Waals surface area contributed by atoms with Crippen LogP contribution in [0.1, 0.15) is 31.2 Å². The van der Waals surface area contributed by atoms with E-state index >= 15 is 0 Å². The second-order valence-corrected chi connectivity index (χ2v) is 10.3. The average molecular weight is 384 g/mol. The predicted octanol–water partition coefficient (Wildman–Crippen LogP) is 3.77. The van der Waals surface area contributed by atoms with Crippen LogP contribution in [0.2, 0.25) is 0 Å². The van der Waals surface area contributed by atoms with Gasteiger partial charge in [-0.15, -0.1) is 11.3 Å². The van der Waals surface area contributed by atoms with E-state index in [1.165, 1.54) is 17.8 Å². The number of nitrogens with one attached hydrogen (secondary N) is 1. The van der Waals surface area contributed by atoms with E-state index in [1.807, 2.05) is 18.7 Å². The number of sulfonamides is 1. The Morgan fingerprint density at radius 1 is 1.47 bits per heavy atom. The van der Waals surface area contributed by atoms with Gasteiger partial charge in [0.05, 0.1) is 3.79 Å². The van der Waals surface area contributed by atoms with Gasteiger partial charge < -0.3 is 0 Å². The lowest BCUT2D eigenvalue weighted by Gasteiger charge is -2.28. The SMILES string of the molecule is CSC1CCCC(NS(=O)(=O)c2cc(C)c(Br)s2)C1. The summed E-state index contributed by atoms with van der Waals surface area (Å²) in [6.07, 6.45) is 6.28. The van der Waals surface area contributed by atoms with Crippen molar-refractivity contribution < 1.29 is 8.42 Å². The Hall–Kier alpha value is 0.440. The van der Waals surface area contributed by atoms with Gasteiger partial charge in [0.15, 0.2) is 0 Å². The highest BCUT2D eigenvalue weighted by Crippen LogP contribution is 2.32. The van der Waals surface area contributed by atoms with E-state index in [4.69, 9.17) is 0 Å². The van der Waals surface area contributed by atoms with Crippen molar-refractivity contribution in [1.82, 2.24) is 4.72 Å². The molecule has 19 heavy (non-hydrogen) atoms. The van der Waals surface area contributed by atoms with Gasteiger partial charge in [0.25, 0.3) is 0 Å². The zero-order valence-electron chi connectivity index (χ0n) is 11.0. The molecule has 0 saturated heterocycles. The van der Waals surface area contributed by atoms with Crippen LogP contribution in [0.25, 0.3) is 0 Å². The Bertz CT molecular complexity index is 522. The highest BCUT2D eigenvalue weighted by atomic mass is 79.9. The second kappa shape index (κ2) is 6.47. The Labute approximate surface area is 131 Å². The van der Waals surface area contributed by atoms with Gasteiger partial charge in [0.1, 0.15) is 4.21 Å². The van der Waals surface area contributed by atoms with Gasteiger partial charge in [-0.1, -0.05) is 6.42 Å². The number of aryl methyl sites for hydroxylation is 1. The summed E-state index contributed by atoms with van der Waals surface area (Å²) < 4.78 is 28.8. The fourth-order valence-electron chi connectivity index (χ4n) is 2.31. The van der Waals surface area contributed by atoms with E-state index in [-0.39, 0.29) is 6.04 Å². The van der Waals surface area contributed by atoms with Crippen LogP contribution in [-0.2, 0) is 10.0 Å². The first-order chi connectivity index (χ1) is 8.92. The zero-order valence-corrected chi connectivity index (χ0v) is 15.0. The molecule has 1 saturated carbocycles. The van der Waals surface area contributed by atoms with Crippen molar-refractivity contribution in [1.29, 1.82) is 0 Å². The average Bonchev–Trinajstić information content (AvgIpc) is 2.70. The fourth-order valence-corrected chi connectivity index (χ4v) is 6.66. The molecule has 0 bridgehead atoms. The van der Waals surface area contributed by atoms with Gasteiger partial charge in [0.2, 0.25) is 10.0 Å². The van der Waals surface area contributed by atoms with E-state index in [0.29, 0.717) is 9.46 Å². The summed E-state index contributed by atoms with van der Waals surface area (Å²) in [5, 5.41) is 0.582. The largest absolute Gasteiger partial charge is 0.250 e. The van der Waals surface area contributed by atoms with Crippen molar-refractivity contribution in [2.45, 2.75) is 48.1 Å². The second-order valence-electron chi connectivity index (χ2n) is 4.86. The number of halogens is 1. The van der Waals surface area contributed by atoms with Crippen LogP contribution in [0.4, 0.5) is 0 Å². The lowest BCUT2D eigenvalue weighted by molar-refractivity contribution is 0.421. The topological polar surface area (TPSA) is 46.2 Å². The Morgan fingerprint density at radius 3 is 2.79 bits per heavy atom. The van der Waals surface area contributed by atoms with Crippen LogP contribution in [0.5, 0.6) is 0 Å². The maximum atomic E-state index is 12.3. The molecule has 1 aliphatic carbocycles. The fraction of sp³-hybridized carbons (Fsp3) is 0.667. The first-order valence-corrected chi connectivity index (χ1v) is 10.6. The lowest BCUT2D eigenvalue weighted by atomic mass is 9.96. The van der Waals surface area contributed by atoms with Crippen molar-refractivity contribution in [3.8, 4) is 0 Å². The summed E-state index contributed by atoms with van der Waals surface area (Å²) in [5.41, 5.74) is 0.969. The molecule has 1 heterocycles. The summed E-state index contributed by atoms with van der Waals surface area (Å²) in [4.78, 5) is 0. The van der Waals surface area contributed by atoms with Gasteiger partial charge in [0, 0.05) is 11.3 Å². The third-order valence-electron chi connectivity index (χ3n) is 3.38. The van der Waals surface area contributed by atoms with Crippen LogP contribution in [0.15, 0.2) is 14.1 Å². The van der Waals surface area contributed by atoms with E-state index in [2.05, 4.69) is 26.9 Å². The molecule has 1 aliphatic rings. The van der Waals surface area contributed by atoms with E-state index in [0.717, 1.165) is 28.6 Å². The van der Waals surface area contributed by atoms with Gasteiger partial charge in [-0.05, 0) is 60.0 Å². The van der Waals surface area contributed by atoms with E-state index in [9.17, 15) is 8.42 Å². The minimum atomic E-state index is -3.36. The third kappa shape index (κ3) is 3.97. The molecule has 2 unspecified atom stereocenters. The van der Waals surface area contributed by atoms with Gasteiger partial charge >= 0.3 is 0 Å². The minimum Gasteiger partial charge on any atom is -0.207 e. The third-order valence-corrected chi connectivity index (χ3v) is 8.61. The molecule has 1 aromatic heterocycles. The highest BCUT2D eigenvalue weighted by Gasteiger charge is 2.27. The molecule has 0 aromatic carbocycles. The molecule has 1 aromatic rings. The molecule has 3 nitrogen and oxygen atoms in total. The maximum Gasteiger partial charge on any atom is 0.250 e. The van der Waals surface area contributed by atoms with Crippen molar-refractivity contribution in [2.75, 3.05) is 6.26 Å². The van der Waals surface area contributed by atoms with Crippen LogP contribution in [0.3, 0.4) is 0 Å². The maximum absolute atomic E-state index is 12.3. The molecule has 7 heteroatoms. The van der Waals surface area contributed by atoms with Crippen LogP contribution in [0, 0.1) is 6.92 Å². The summed E-state index contributed by atoms with van der Waals surface area (Å²) in [6, 6.07) is 1.81. The predicted molar refractivity (Wildman–Crippen MR) is 86.6 cm³/mol. The molecule has 2 rings (SSSR count). The van der Waals surface area contributed by atoms with Crippen LogP contribution >= 0.6 is 39.0 Å². The molecule has 108 valence electrons. The molecule has 0 spiro atoms. The van der Waals surface area contributed by atoms with Gasteiger partial charge in [-0.3, -0.25) is 0 Å². The minimum absolute atomic E-state index is 0.0809. The Kier molecular flexibility index (Phi) is 5.39. The number of hydrogen-bond donors (Lipinski definition) is 1. The number of thioether (sulfide) groups is 1. The molecule has 1 fully saturated rings. The number of rotatable bonds is 4. The zero-order chi connectivity index (χ0) is 14.0. The molecule has 1 N–H and O–H groups in total. The van der Waals surface area contributed by atoms with Gasteiger partial charge in [-0.2, -0.15) is 11.8 Å². The summed E-state index contributed by atoms with van der Waals surface area (Å²) >= 11 is 6.49. The molecule has 0 radical (unpaired) electrons. The summed E-state index contributed by atoms with van der Waals surface area (Å²) in [5.74, 6) is 0. The van der Waals surface area contributed by atoms with E-state index in [1.54, 1.807) is 6.07 Å². The molecular weight excluding hydrogens is 366 g/mol. The molecule has 0 aliphatic heterocycles. The van der Waals surface area contributed by atoms with Gasteiger partial charge in [-0.25, -0.2) is 13.1 Å². The standard InChI is InChI=1S/C12H18BrNO2S3/c1-8-6-11(18-12(8)13)19(15,16)14-9-4-3-5-10(7-9)17-2/h6,9-10,14H,3-5,7H2,1-2H3. The van der Waals surface area contributed by atoms with E-state index < -0.39 is 10.0 Å². The monoisotopic (exact) mass is 383 g/mol. The first kappa shape index (κ1) is 15.8. The summed E-state index contributed by atoms with van der Waals surface area (Å²) in [6.45, 7) is 1.91. The smallest absolute Gasteiger partial charge is 0.207 e. The quantitative estimate of drug-likeness (QED) is 0.860. The number of thiophene rings is 1. The highest BCUT2D eigenvalue weighted by molar-refractivity contribution is 9.11. The lowest BCUT2D eigenvalue weighted by Crippen LogP contribution is -2.38. The first-order valence-electron chi connectivity index (χ1n) is 6.23. The van der Waals surface area contributed by atoms with Crippen molar-refractivity contribution >= 4 is 49.1 Å². The Morgan fingerprint density at radius 2 is 2.21 bits per heavy atom. The molecule has 2 atom stereocenters. The summed E-state index contributed by atoms with van der Waals surface area (Å²) in [7, 11) is -3.36. The molecular formula is C12H18BrNO2S3. The van der Waals surface area contributed by atoms with Crippen LogP contribution < -0.4 is 4.72 Å². The number of hydrogen-bond acceptors (Lipinski definition) is 4. The Balaban J connectivity index is 2.08.